The molecular weight excluding hydrogens is 308 g/mol. The summed E-state index contributed by atoms with van der Waals surface area (Å²) in [5.74, 6) is -0.986. The van der Waals surface area contributed by atoms with Gasteiger partial charge in [0.1, 0.15) is 0 Å². The van der Waals surface area contributed by atoms with E-state index in [1.54, 1.807) is 16.8 Å². The van der Waals surface area contributed by atoms with E-state index in [1.165, 1.54) is 0 Å². The van der Waals surface area contributed by atoms with Crippen LogP contribution in [0, 0.1) is 0 Å². The van der Waals surface area contributed by atoms with Crippen molar-refractivity contribution in [2.45, 2.75) is 32.5 Å². The Kier molecular flexibility index (Phi) is 4.90. The van der Waals surface area contributed by atoms with E-state index in [4.69, 9.17) is 5.11 Å². The molecule has 0 fully saturated rings. The molecule has 1 aliphatic rings. The van der Waals surface area contributed by atoms with Gasteiger partial charge in [-0.05, 0) is 12.1 Å². The molecule has 24 heavy (non-hydrogen) atoms. The van der Waals surface area contributed by atoms with E-state index in [2.05, 4.69) is 15.7 Å². The van der Waals surface area contributed by atoms with Crippen LogP contribution in [0.4, 0.5) is 0 Å². The van der Waals surface area contributed by atoms with Gasteiger partial charge in [-0.1, -0.05) is 18.2 Å². The van der Waals surface area contributed by atoms with Crippen LogP contribution in [0.1, 0.15) is 33.7 Å². The van der Waals surface area contributed by atoms with Crippen molar-refractivity contribution in [1.29, 1.82) is 0 Å². The van der Waals surface area contributed by atoms with Crippen molar-refractivity contribution in [3.05, 3.63) is 52.8 Å². The highest BCUT2D eigenvalue weighted by Crippen LogP contribution is 2.19. The van der Waals surface area contributed by atoms with Gasteiger partial charge in [-0.15, -0.1) is 0 Å². The van der Waals surface area contributed by atoms with Crippen molar-refractivity contribution in [3.63, 3.8) is 0 Å². The van der Waals surface area contributed by atoms with E-state index in [0.29, 0.717) is 25.2 Å². The molecule has 7 nitrogen and oxygen atoms in total. The molecule has 0 atom stereocenters. The van der Waals surface area contributed by atoms with Crippen molar-refractivity contribution in [1.82, 2.24) is 20.4 Å². The Bertz CT molecular complexity index is 740. The predicted octanol–water partition coefficient (Wildman–Crippen LogP) is 0.933. The van der Waals surface area contributed by atoms with Crippen LogP contribution in [-0.2, 0) is 30.8 Å². The summed E-state index contributed by atoms with van der Waals surface area (Å²) < 4.78 is 1.77. The Morgan fingerprint density at radius 1 is 1.29 bits per heavy atom. The van der Waals surface area contributed by atoms with Gasteiger partial charge < -0.3 is 15.7 Å². The fourth-order valence-corrected chi connectivity index (χ4v) is 2.88. The molecule has 0 bridgehead atoms. The minimum atomic E-state index is -0.841. The molecule has 2 aromatic rings. The lowest BCUT2D eigenvalue weighted by atomic mass is 10.1. The second-order valence-electron chi connectivity index (χ2n) is 5.71. The molecule has 0 spiro atoms. The third-order valence-electron chi connectivity index (χ3n) is 4.08. The number of aryl methyl sites for hydroxylation is 1. The number of hydrogen-bond donors (Lipinski definition) is 3. The summed E-state index contributed by atoms with van der Waals surface area (Å²) in [6.07, 6.45) is 0.853. The van der Waals surface area contributed by atoms with Crippen LogP contribution < -0.4 is 10.6 Å². The SMILES string of the molecule is O=C(O)CCn1nc(CNC(=O)c2ccccc2)c2c1CCNC2. The number of carbonyl (C=O) groups excluding carboxylic acids is 1. The van der Waals surface area contributed by atoms with Crippen molar-refractivity contribution in [3.8, 4) is 0 Å². The fourth-order valence-electron chi connectivity index (χ4n) is 2.88. The average molecular weight is 328 g/mol. The van der Waals surface area contributed by atoms with Crippen LogP contribution in [0.15, 0.2) is 30.3 Å². The highest BCUT2D eigenvalue weighted by molar-refractivity contribution is 5.94. The zero-order valence-electron chi connectivity index (χ0n) is 13.3. The lowest BCUT2D eigenvalue weighted by Crippen LogP contribution is -2.27. The number of nitrogens with one attached hydrogen (secondary N) is 2. The molecule has 0 saturated carbocycles. The minimum Gasteiger partial charge on any atom is -0.481 e. The first-order valence-electron chi connectivity index (χ1n) is 7.98. The van der Waals surface area contributed by atoms with E-state index in [0.717, 1.165) is 29.9 Å². The number of fused-ring (bicyclic) bond motifs is 1. The summed E-state index contributed by atoms with van der Waals surface area (Å²) in [6, 6.07) is 9.03. The molecule has 1 aromatic heterocycles. The third-order valence-corrected chi connectivity index (χ3v) is 4.08. The lowest BCUT2D eigenvalue weighted by Gasteiger charge is -2.15. The quantitative estimate of drug-likeness (QED) is 0.733. The predicted molar refractivity (Wildman–Crippen MR) is 87.5 cm³/mol. The zero-order chi connectivity index (χ0) is 16.9. The van der Waals surface area contributed by atoms with Gasteiger partial charge in [0, 0.05) is 36.3 Å². The normalized spacial score (nSPS) is 13.3. The molecule has 3 N–H and O–H groups in total. The summed E-state index contributed by atoms with van der Waals surface area (Å²) in [6.45, 7) is 2.22. The van der Waals surface area contributed by atoms with Gasteiger partial charge >= 0.3 is 5.97 Å². The number of carbonyl (C=O) groups is 2. The number of aliphatic carboxylic acids is 1. The number of carboxylic acids is 1. The largest absolute Gasteiger partial charge is 0.481 e. The first-order chi connectivity index (χ1) is 11.6. The third kappa shape index (κ3) is 3.62. The highest BCUT2D eigenvalue weighted by Gasteiger charge is 2.21. The first kappa shape index (κ1) is 16.2. The second kappa shape index (κ2) is 7.27. The lowest BCUT2D eigenvalue weighted by molar-refractivity contribution is -0.137. The van der Waals surface area contributed by atoms with Crippen LogP contribution in [0.25, 0.3) is 0 Å². The number of amides is 1. The monoisotopic (exact) mass is 328 g/mol. The molecule has 0 radical (unpaired) electrons. The molecule has 0 saturated heterocycles. The van der Waals surface area contributed by atoms with Crippen LogP contribution in [0.2, 0.25) is 0 Å². The Balaban J connectivity index is 1.73. The van der Waals surface area contributed by atoms with Crippen molar-refractivity contribution in [2.75, 3.05) is 6.54 Å². The van der Waals surface area contributed by atoms with Gasteiger partial charge in [-0.25, -0.2) is 0 Å². The average Bonchev–Trinajstić information content (AvgIpc) is 2.97. The topological polar surface area (TPSA) is 96.2 Å². The molecule has 1 amide bonds. The van der Waals surface area contributed by atoms with Crippen molar-refractivity contribution in [2.24, 2.45) is 0 Å². The van der Waals surface area contributed by atoms with Gasteiger partial charge in [0.25, 0.3) is 5.91 Å². The van der Waals surface area contributed by atoms with E-state index in [1.807, 2.05) is 18.2 Å². The molecule has 2 heterocycles. The molecule has 0 unspecified atom stereocenters. The molecule has 7 heteroatoms. The van der Waals surface area contributed by atoms with Gasteiger partial charge in [0.05, 0.1) is 25.2 Å². The standard InChI is InChI=1S/C17H20N4O3/c22-16(23)7-9-21-15-6-8-18-10-13(15)14(20-21)11-19-17(24)12-4-2-1-3-5-12/h1-5,18H,6-11H2,(H,19,24)(H,22,23). The second-order valence-corrected chi connectivity index (χ2v) is 5.71. The number of aromatic nitrogens is 2. The summed E-state index contributed by atoms with van der Waals surface area (Å²) in [5.41, 5.74) is 3.54. The number of hydrogen-bond acceptors (Lipinski definition) is 4. The van der Waals surface area contributed by atoms with Crippen LogP contribution in [0.3, 0.4) is 0 Å². The smallest absolute Gasteiger partial charge is 0.305 e. The zero-order valence-corrected chi connectivity index (χ0v) is 13.3. The Morgan fingerprint density at radius 2 is 2.08 bits per heavy atom. The summed E-state index contributed by atoms with van der Waals surface area (Å²) in [5, 5.41) is 19.6. The van der Waals surface area contributed by atoms with Gasteiger partial charge in [-0.3, -0.25) is 14.3 Å². The van der Waals surface area contributed by atoms with Crippen LogP contribution >= 0.6 is 0 Å². The molecule has 0 aliphatic carbocycles. The maximum Gasteiger partial charge on any atom is 0.305 e. The van der Waals surface area contributed by atoms with Gasteiger partial charge in [-0.2, -0.15) is 5.10 Å². The summed E-state index contributed by atoms with van der Waals surface area (Å²) in [4.78, 5) is 23.0. The van der Waals surface area contributed by atoms with E-state index < -0.39 is 5.97 Å². The van der Waals surface area contributed by atoms with E-state index in [9.17, 15) is 9.59 Å². The van der Waals surface area contributed by atoms with E-state index >= 15 is 0 Å². The summed E-state index contributed by atoms with van der Waals surface area (Å²) in [7, 11) is 0. The van der Waals surface area contributed by atoms with Gasteiger partial charge in [0.2, 0.25) is 0 Å². The molecule has 1 aromatic carbocycles. The van der Waals surface area contributed by atoms with Gasteiger partial charge in [0.15, 0.2) is 0 Å². The number of carboxylic acid groups (broad SMARTS) is 1. The van der Waals surface area contributed by atoms with Crippen LogP contribution in [0.5, 0.6) is 0 Å². The number of rotatable bonds is 6. The molecule has 3 rings (SSSR count). The van der Waals surface area contributed by atoms with Crippen LogP contribution in [-0.4, -0.2) is 33.3 Å². The Labute approximate surface area is 139 Å². The number of nitrogens with zero attached hydrogens (tertiary/aromatic N) is 2. The highest BCUT2D eigenvalue weighted by atomic mass is 16.4. The van der Waals surface area contributed by atoms with Crippen molar-refractivity contribution < 1.29 is 14.7 Å². The first-order valence-corrected chi connectivity index (χ1v) is 7.98. The van der Waals surface area contributed by atoms with Crippen molar-refractivity contribution >= 4 is 11.9 Å². The Hall–Kier alpha value is -2.67. The number of benzene rings is 1. The fraction of sp³-hybridized carbons (Fsp3) is 0.353. The molecular formula is C17H20N4O3. The Morgan fingerprint density at radius 3 is 2.83 bits per heavy atom. The van der Waals surface area contributed by atoms with E-state index in [-0.39, 0.29) is 12.3 Å². The minimum absolute atomic E-state index is 0.0391. The maximum atomic E-state index is 12.2. The summed E-state index contributed by atoms with van der Waals surface area (Å²) >= 11 is 0. The molecule has 126 valence electrons. The molecule has 1 aliphatic heterocycles. The maximum absolute atomic E-state index is 12.2.